The first-order valence-electron chi connectivity index (χ1n) is 11.1. The first-order valence-corrected chi connectivity index (χ1v) is 11.1. The van der Waals surface area contributed by atoms with E-state index in [1.165, 1.54) is 7.11 Å². The predicted molar refractivity (Wildman–Crippen MR) is 118 cm³/mol. The fourth-order valence-electron chi connectivity index (χ4n) is 5.18. The van der Waals surface area contributed by atoms with Crippen molar-refractivity contribution in [2.45, 2.75) is 24.9 Å². The molecule has 1 saturated carbocycles. The molecule has 34 heavy (non-hydrogen) atoms. The van der Waals surface area contributed by atoms with Crippen LogP contribution in [0.4, 0.5) is 0 Å². The molecule has 0 aromatic heterocycles. The van der Waals surface area contributed by atoms with Crippen LogP contribution in [0.5, 0.6) is 11.5 Å². The number of carbonyl (C=O) groups is 3. The second-order valence-electron chi connectivity index (χ2n) is 8.44. The number of benzene rings is 2. The Kier molecular flexibility index (Phi) is 5.51. The number of hydrogen-bond acceptors (Lipinski definition) is 8. The maximum atomic E-state index is 13.2. The second kappa shape index (κ2) is 8.52. The molecule has 0 N–H and O–H groups in total. The van der Waals surface area contributed by atoms with Crippen molar-refractivity contribution in [3.63, 3.8) is 0 Å². The zero-order chi connectivity index (χ0) is 23.9. The van der Waals surface area contributed by atoms with E-state index in [4.69, 9.17) is 23.7 Å². The summed E-state index contributed by atoms with van der Waals surface area (Å²) in [6.07, 6.45) is 1.72. The van der Waals surface area contributed by atoms with Gasteiger partial charge in [0.15, 0.2) is 17.3 Å². The number of allylic oxidation sites excluding steroid dienone is 1. The molecule has 0 amide bonds. The quantitative estimate of drug-likeness (QED) is 0.474. The standard InChI is InChI=1S/C26H24O8/c1-3-31-24(28)22-17(16-9-10-19-20(11-16)33-14-32-19)13-26(25(29)30-2)18(22)12-21(34-26)23(27)15-7-5-4-6-8-15/h4-12,17-18,22H,3,13-14H2,1-2H3/t17-,18+,22-,26-/m0/s1. The van der Waals surface area contributed by atoms with Gasteiger partial charge in [-0.25, -0.2) is 4.79 Å². The molecule has 1 aliphatic carbocycles. The van der Waals surface area contributed by atoms with E-state index in [1.807, 2.05) is 12.1 Å². The molecular weight excluding hydrogens is 440 g/mol. The summed E-state index contributed by atoms with van der Waals surface area (Å²) < 4.78 is 27.5. The number of hydrogen-bond donors (Lipinski definition) is 0. The van der Waals surface area contributed by atoms with E-state index >= 15 is 0 Å². The van der Waals surface area contributed by atoms with Gasteiger partial charge in [0.25, 0.3) is 0 Å². The molecule has 4 atom stereocenters. The number of Topliss-reactive ketones (excluding diaryl/α,β-unsaturated/α-hetero) is 1. The third kappa shape index (κ3) is 3.41. The smallest absolute Gasteiger partial charge is 0.350 e. The monoisotopic (exact) mass is 464 g/mol. The van der Waals surface area contributed by atoms with E-state index in [9.17, 15) is 14.4 Å². The van der Waals surface area contributed by atoms with Gasteiger partial charge in [0.1, 0.15) is 0 Å². The van der Waals surface area contributed by atoms with Crippen molar-refractivity contribution in [2.75, 3.05) is 20.5 Å². The lowest BCUT2D eigenvalue weighted by atomic mass is 9.83. The maximum Gasteiger partial charge on any atom is 0.350 e. The fourth-order valence-corrected chi connectivity index (χ4v) is 5.18. The van der Waals surface area contributed by atoms with E-state index in [-0.39, 0.29) is 31.4 Å². The minimum absolute atomic E-state index is 0.0278. The minimum atomic E-state index is -1.52. The molecule has 2 heterocycles. The molecule has 8 heteroatoms. The summed E-state index contributed by atoms with van der Waals surface area (Å²) in [6, 6.07) is 14.1. The van der Waals surface area contributed by atoms with Crippen molar-refractivity contribution in [3.8, 4) is 11.5 Å². The number of ketones is 1. The van der Waals surface area contributed by atoms with E-state index in [0.29, 0.717) is 17.1 Å². The van der Waals surface area contributed by atoms with Gasteiger partial charge in [-0.05, 0) is 30.7 Å². The van der Waals surface area contributed by atoms with Gasteiger partial charge in [0.2, 0.25) is 18.2 Å². The highest BCUT2D eigenvalue weighted by Gasteiger charge is 2.66. The van der Waals surface area contributed by atoms with Crippen LogP contribution in [-0.2, 0) is 23.8 Å². The number of rotatable bonds is 6. The van der Waals surface area contributed by atoms with Gasteiger partial charge in [0.05, 0.1) is 19.6 Å². The van der Waals surface area contributed by atoms with Crippen LogP contribution in [-0.4, -0.2) is 43.8 Å². The average Bonchev–Trinajstić information content (AvgIpc) is 3.55. The highest BCUT2D eigenvalue weighted by atomic mass is 16.7. The van der Waals surface area contributed by atoms with Crippen LogP contribution in [0.15, 0.2) is 60.4 Å². The zero-order valence-corrected chi connectivity index (χ0v) is 18.8. The number of carbonyl (C=O) groups excluding carboxylic acids is 3. The van der Waals surface area contributed by atoms with Gasteiger partial charge < -0.3 is 23.7 Å². The molecule has 2 aliphatic heterocycles. The number of fused-ring (bicyclic) bond motifs is 2. The minimum Gasteiger partial charge on any atom is -0.471 e. The summed E-state index contributed by atoms with van der Waals surface area (Å²) in [4.78, 5) is 39.4. The Balaban J connectivity index is 1.58. The SMILES string of the molecule is CCOC(=O)[C@@H]1[C@H]2C=C(C(=O)c3ccccc3)O[C@@]2(C(=O)OC)C[C@H]1c1ccc2c(c1)OCO2. The molecule has 0 saturated heterocycles. The lowest BCUT2D eigenvalue weighted by molar-refractivity contribution is -0.165. The van der Waals surface area contributed by atoms with E-state index in [1.54, 1.807) is 49.4 Å². The van der Waals surface area contributed by atoms with Crippen LogP contribution in [0.25, 0.3) is 0 Å². The van der Waals surface area contributed by atoms with Crippen molar-refractivity contribution in [3.05, 3.63) is 71.5 Å². The summed E-state index contributed by atoms with van der Waals surface area (Å²) in [7, 11) is 1.27. The highest BCUT2D eigenvalue weighted by Crippen LogP contribution is 2.57. The lowest BCUT2D eigenvalue weighted by Crippen LogP contribution is -2.44. The molecule has 2 aromatic rings. The molecule has 3 aliphatic rings. The predicted octanol–water partition coefficient (Wildman–Crippen LogP) is 3.41. The maximum absolute atomic E-state index is 13.2. The van der Waals surface area contributed by atoms with Gasteiger partial charge in [-0.1, -0.05) is 36.4 Å². The van der Waals surface area contributed by atoms with E-state index < -0.39 is 35.3 Å². The second-order valence-corrected chi connectivity index (χ2v) is 8.44. The summed E-state index contributed by atoms with van der Waals surface area (Å²) in [5, 5.41) is 0. The largest absolute Gasteiger partial charge is 0.471 e. The molecule has 8 nitrogen and oxygen atoms in total. The normalized spacial score (nSPS) is 26.3. The molecule has 0 radical (unpaired) electrons. The van der Waals surface area contributed by atoms with Gasteiger partial charge >= 0.3 is 11.9 Å². The van der Waals surface area contributed by atoms with Crippen LogP contribution in [0.3, 0.4) is 0 Å². The molecule has 5 rings (SSSR count). The summed E-state index contributed by atoms with van der Waals surface area (Å²) in [5.74, 6) is -2.18. The molecule has 1 fully saturated rings. The van der Waals surface area contributed by atoms with Crippen molar-refractivity contribution < 1.29 is 38.1 Å². The number of methoxy groups -OCH3 is 1. The molecule has 0 spiro atoms. The van der Waals surface area contributed by atoms with Crippen LogP contribution < -0.4 is 9.47 Å². The highest BCUT2D eigenvalue weighted by molar-refractivity contribution is 6.08. The fraction of sp³-hybridized carbons (Fsp3) is 0.346. The molecule has 0 bridgehead atoms. The van der Waals surface area contributed by atoms with Crippen molar-refractivity contribution >= 4 is 17.7 Å². The van der Waals surface area contributed by atoms with E-state index in [2.05, 4.69) is 0 Å². The molecule has 176 valence electrons. The molecule has 2 aromatic carbocycles. The first kappa shape index (κ1) is 22.0. The Morgan fingerprint density at radius 1 is 1.06 bits per heavy atom. The number of esters is 2. The van der Waals surface area contributed by atoms with Crippen molar-refractivity contribution in [2.24, 2.45) is 11.8 Å². The van der Waals surface area contributed by atoms with Crippen molar-refractivity contribution in [1.29, 1.82) is 0 Å². The average molecular weight is 464 g/mol. The van der Waals surface area contributed by atoms with Crippen LogP contribution in [0, 0.1) is 11.8 Å². The Morgan fingerprint density at radius 3 is 2.56 bits per heavy atom. The third-order valence-electron chi connectivity index (χ3n) is 6.68. The Bertz CT molecular complexity index is 1170. The van der Waals surface area contributed by atoms with Crippen molar-refractivity contribution in [1.82, 2.24) is 0 Å². The van der Waals surface area contributed by atoms with Gasteiger partial charge in [-0.2, -0.15) is 0 Å². The molecular formula is C26H24O8. The Morgan fingerprint density at radius 2 is 1.82 bits per heavy atom. The van der Waals surface area contributed by atoms with E-state index in [0.717, 1.165) is 5.56 Å². The van der Waals surface area contributed by atoms with Crippen LogP contribution in [0.2, 0.25) is 0 Å². The number of ether oxygens (including phenoxy) is 5. The van der Waals surface area contributed by atoms with Gasteiger partial charge in [0, 0.05) is 23.8 Å². The summed E-state index contributed by atoms with van der Waals surface area (Å²) in [6.45, 7) is 2.03. The van der Waals surface area contributed by atoms with Gasteiger partial charge in [-0.15, -0.1) is 0 Å². The van der Waals surface area contributed by atoms with Gasteiger partial charge in [-0.3, -0.25) is 9.59 Å². The van der Waals surface area contributed by atoms with Crippen LogP contribution >= 0.6 is 0 Å². The third-order valence-corrected chi connectivity index (χ3v) is 6.68. The first-order chi connectivity index (χ1) is 16.5. The molecule has 0 unspecified atom stereocenters. The summed E-state index contributed by atoms with van der Waals surface area (Å²) in [5.41, 5.74) is -0.311. The Hall–Kier alpha value is -3.81. The zero-order valence-electron chi connectivity index (χ0n) is 18.8. The summed E-state index contributed by atoms with van der Waals surface area (Å²) >= 11 is 0. The topological polar surface area (TPSA) is 97.4 Å². The Labute approximate surface area is 196 Å². The lowest BCUT2D eigenvalue weighted by Gasteiger charge is -2.27. The van der Waals surface area contributed by atoms with Crippen LogP contribution in [0.1, 0.15) is 35.2 Å².